The summed E-state index contributed by atoms with van der Waals surface area (Å²) in [7, 11) is 1.32. The molecule has 0 aromatic heterocycles. The van der Waals surface area contributed by atoms with E-state index >= 15 is 0 Å². The van der Waals surface area contributed by atoms with Gasteiger partial charge in [0.2, 0.25) is 5.91 Å². The molecular weight excluding hydrogens is 291 g/mol. The Balaban J connectivity index is 2.31. The van der Waals surface area contributed by atoms with Crippen LogP contribution in [0.5, 0.6) is 0 Å². The van der Waals surface area contributed by atoms with Gasteiger partial charge >= 0.3 is 12.1 Å². The highest BCUT2D eigenvalue weighted by Gasteiger charge is 2.40. The van der Waals surface area contributed by atoms with Gasteiger partial charge in [0.25, 0.3) is 0 Å². The fourth-order valence-corrected chi connectivity index (χ4v) is 2.15. The molecule has 1 N–H and O–H groups in total. The van der Waals surface area contributed by atoms with E-state index in [1.807, 2.05) is 0 Å². The van der Waals surface area contributed by atoms with E-state index in [4.69, 9.17) is 4.74 Å². The lowest BCUT2D eigenvalue weighted by Crippen LogP contribution is -2.52. The Bertz CT molecular complexity index is 556. The van der Waals surface area contributed by atoms with Crippen LogP contribution in [0.25, 0.3) is 0 Å². The number of hydrogen-bond donors (Lipinski definition) is 1. The van der Waals surface area contributed by atoms with Crippen LogP contribution in [0.4, 0.5) is 13.2 Å². The molecule has 1 aliphatic rings. The molecule has 1 aliphatic heterocycles. The first-order chi connectivity index (χ1) is 9.71. The van der Waals surface area contributed by atoms with Gasteiger partial charge in [0.1, 0.15) is 12.7 Å². The van der Waals surface area contributed by atoms with Crippen LogP contribution in [0.15, 0.2) is 24.3 Å². The Hall–Kier alpha value is -2.09. The summed E-state index contributed by atoms with van der Waals surface area (Å²) in [5.74, 6) is -1.78. The third kappa shape index (κ3) is 2.99. The van der Waals surface area contributed by atoms with Gasteiger partial charge in [0.15, 0.2) is 6.04 Å². The van der Waals surface area contributed by atoms with Crippen molar-refractivity contribution in [2.45, 2.75) is 18.3 Å². The average molecular weight is 303 g/mol. The number of carbonyl (C=O) groups is 2. The first-order valence-corrected chi connectivity index (χ1v) is 5.99. The molecule has 0 bridgehead atoms. The molecule has 1 saturated heterocycles. The zero-order valence-electron chi connectivity index (χ0n) is 10.9. The monoisotopic (exact) mass is 303 g/mol. The van der Waals surface area contributed by atoms with Gasteiger partial charge in [-0.3, -0.25) is 4.79 Å². The molecule has 21 heavy (non-hydrogen) atoms. The molecule has 0 aliphatic carbocycles. The number of benzene rings is 1. The van der Waals surface area contributed by atoms with Gasteiger partial charge in [-0.2, -0.15) is 13.2 Å². The zero-order valence-corrected chi connectivity index (χ0v) is 10.9. The second-order valence-electron chi connectivity index (χ2n) is 4.64. The Morgan fingerprint density at radius 2 is 1.90 bits per heavy atom. The van der Waals surface area contributed by atoms with Crippen molar-refractivity contribution in [2.75, 3.05) is 13.7 Å². The van der Waals surface area contributed by atoms with E-state index in [1.165, 1.54) is 7.05 Å². The van der Waals surface area contributed by atoms with Gasteiger partial charge in [-0.1, -0.05) is 12.1 Å². The van der Waals surface area contributed by atoms with Crippen molar-refractivity contribution in [3.8, 4) is 0 Å². The maximum atomic E-state index is 12.5. The summed E-state index contributed by atoms with van der Waals surface area (Å²) in [4.78, 5) is 23.7. The first kappa shape index (κ1) is 15.3. The molecular formula is C13H12F3NO4. The summed E-state index contributed by atoms with van der Waals surface area (Å²) < 4.78 is 42.7. The molecule has 8 heteroatoms. The van der Waals surface area contributed by atoms with Crippen LogP contribution in [0.1, 0.15) is 17.2 Å². The number of carboxylic acid groups (broad SMARTS) is 1. The SMILES string of the molecule is CN1C(=O)COC(c2ccc(C(F)(F)F)cc2)C1C(=O)O. The molecule has 114 valence electrons. The van der Waals surface area contributed by atoms with E-state index in [2.05, 4.69) is 0 Å². The number of likely N-dealkylation sites (N-methyl/N-ethyl adjacent to an activating group) is 1. The molecule has 0 radical (unpaired) electrons. The molecule has 2 rings (SSSR count). The highest BCUT2D eigenvalue weighted by atomic mass is 19.4. The lowest BCUT2D eigenvalue weighted by atomic mass is 9.98. The van der Waals surface area contributed by atoms with Crippen LogP contribution in [0.3, 0.4) is 0 Å². The van der Waals surface area contributed by atoms with Gasteiger partial charge in [-0.25, -0.2) is 4.79 Å². The Kier molecular flexibility index (Phi) is 3.91. The fourth-order valence-electron chi connectivity index (χ4n) is 2.15. The topological polar surface area (TPSA) is 66.8 Å². The van der Waals surface area contributed by atoms with Crippen LogP contribution in [-0.2, 0) is 20.5 Å². The van der Waals surface area contributed by atoms with E-state index < -0.39 is 35.8 Å². The van der Waals surface area contributed by atoms with E-state index in [1.54, 1.807) is 0 Å². The number of halogens is 3. The van der Waals surface area contributed by atoms with E-state index in [0.29, 0.717) is 0 Å². The van der Waals surface area contributed by atoms with Crippen molar-refractivity contribution in [1.29, 1.82) is 0 Å². The molecule has 1 heterocycles. The summed E-state index contributed by atoms with van der Waals surface area (Å²) in [5, 5.41) is 9.19. The van der Waals surface area contributed by atoms with Gasteiger partial charge in [-0.15, -0.1) is 0 Å². The number of ether oxygens (including phenoxy) is 1. The van der Waals surface area contributed by atoms with Crippen LogP contribution >= 0.6 is 0 Å². The zero-order chi connectivity index (χ0) is 15.8. The predicted molar refractivity (Wildman–Crippen MR) is 64.3 cm³/mol. The molecule has 2 unspecified atom stereocenters. The maximum Gasteiger partial charge on any atom is 0.416 e. The number of aliphatic carboxylic acids is 1. The molecule has 2 atom stereocenters. The van der Waals surface area contributed by atoms with Crippen molar-refractivity contribution in [1.82, 2.24) is 4.90 Å². The lowest BCUT2D eigenvalue weighted by Gasteiger charge is -2.36. The van der Waals surface area contributed by atoms with Crippen LogP contribution in [-0.4, -0.2) is 41.6 Å². The maximum absolute atomic E-state index is 12.5. The minimum Gasteiger partial charge on any atom is -0.480 e. The van der Waals surface area contributed by atoms with Gasteiger partial charge < -0.3 is 14.7 Å². The predicted octanol–water partition coefficient (Wildman–Crippen LogP) is 1.69. The Labute approximate surface area is 117 Å². The minimum atomic E-state index is -4.47. The number of nitrogens with zero attached hydrogens (tertiary/aromatic N) is 1. The molecule has 5 nitrogen and oxygen atoms in total. The second kappa shape index (κ2) is 5.36. The van der Waals surface area contributed by atoms with E-state index in [0.717, 1.165) is 29.2 Å². The number of hydrogen-bond acceptors (Lipinski definition) is 3. The third-order valence-electron chi connectivity index (χ3n) is 3.30. The standard InChI is InChI=1S/C13H12F3NO4/c1-17-9(18)6-21-11(10(17)12(19)20)7-2-4-8(5-3-7)13(14,15)16/h2-5,10-11H,6H2,1H3,(H,19,20). The first-order valence-electron chi connectivity index (χ1n) is 5.99. The van der Waals surface area contributed by atoms with Crippen molar-refractivity contribution in [2.24, 2.45) is 0 Å². The van der Waals surface area contributed by atoms with Crippen LogP contribution in [0.2, 0.25) is 0 Å². The average Bonchev–Trinajstić information content (AvgIpc) is 2.40. The largest absolute Gasteiger partial charge is 0.480 e. The summed E-state index contributed by atoms with van der Waals surface area (Å²) in [6.07, 6.45) is -5.47. The van der Waals surface area contributed by atoms with Crippen molar-refractivity contribution >= 4 is 11.9 Å². The van der Waals surface area contributed by atoms with Crippen molar-refractivity contribution < 1.29 is 32.6 Å². The smallest absolute Gasteiger partial charge is 0.416 e. The summed E-state index contributed by atoms with van der Waals surface area (Å²) in [6, 6.07) is 2.75. The van der Waals surface area contributed by atoms with Crippen molar-refractivity contribution in [3.63, 3.8) is 0 Å². The molecule has 1 amide bonds. The minimum absolute atomic E-state index is 0.273. The van der Waals surface area contributed by atoms with Crippen LogP contribution in [0, 0.1) is 0 Å². The van der Waals surface area contributed by atoms with Crippen molar-refractivity contribution in [3.05, 3.63) is 35.4 Å². The highest BCUT2D eigenvalue weighted by molar-refractivity contribution is 5.86. The number of rotatable bonds is 2. The number of carboxylic acids is 1. The highest BCUT2D eigenvalue weighted by Crippen LogP contribution is 2.33. The molecule has 0 spiro atoms. The van der Waals surface area contributed by atoms with Gasteiger partial charge in [-0.05, 0) is 17.7 Å². The van der Waals surface area contributed by atoms with Crippen LogP contribution < -0.4 is 0 Å². The van der Waals surface area contributed by atoms with Gasteiger partial charge in [0, 0.05) is 7.05 Å². The van der Waals surface area contributed by atoms with E-state index in [9.17, 15) is 27.9 Å². The van der Waals surface area contributed by atoms with E-state index in [-0.39, 0.29) is 12.2 Å². The Morgan fingerprint density at radius 1 is 1.33 bits per heavy atom. The Morgan fingerprint density at radius 3 is 2.38 bits per heavy atom. The molecule has 1 fully saturated rings. The number of alkyl halides is 3. The van der Waals surface area contributed by atoms with Gasteiger partial charge in [0.05, 0.1) is 5.56 Å². The number of carbonyl (C=O) groups excluding carboxylic acids is 1. The third-order valence-corrected chi connectivity index (χ3v) is 3.30. The lowest BCUT2D eigenvalue weighted by molar-refractivity contribution is -0.169. The second-order valence-corrected chi connectivity index (χ2v) is 4.64. The summed E-state index contributed by atoms with van der Waals surface area (Å²) in [5.41, 5.74) is -0.562. The number of morpholine rings is 1. The number of amides is 1. The molecule has 1 aromatic rings. The summed E-state index contributed by atoms with van der Waals surface area (Å²) >= 11 is 0. The normalized spacial score (nSPS) is 23.2. The molecule has 1 aromatic carbocycles. The quantitative estimate of drug-likeness (QED) is 0.903. The molecule has 0 saturated carbocycles. The fraction of sp³-hybridized carbons (Fsp3) is 0.385. The summed E-state index contributed by atoms with van der Waals surface area (Å²) in [6.45, 7) is -0.314.